The molecule has 0 aromatic heterocycles. The summed E-state index contributed by atoms with van der Waals surface area (Å²) in [6, 6.07) is 10.5. The summed E-state index contributed by atoms with van der Waals surface area (Å²) >= 11 is 6.02. The third-order valence-electron chi connectivity index (χ3n) is 5.38. The van der Waals surface area contributed by atoms with Crippen LogP contribution in [0.5, 0.6) is 17.2 Å². The molecule has 2 amide bonds. The van der Waals surface area contributed by atoms with Gasteiger partial charge in [-0.15, -0.1) is 0 Å². The van der Waals surface area contributed by atoms with E-state index >= 15 is 0 Å². The van der Waals surface area contributed by atoms with E-state index in [1.165, 1.54) is 7.11 Å². The minimum absolute atomic E-state index is 0.0272. The molecule has 1 unspecified atom stereocenters. The number of carbonyl (C=O) groups is 2. The van der Waals surface area contributed by atoms with E-state index in [9.17, 15) is 9.59 Å². The van der Waals surface area contributed by atoms with Crippen molar-refractivity contribution in [2.24, 2.45) is 5.92 Å². The van der Waals surface area contributed by atoms with E-state index in [1.807, 2.05) is 32.0 Å². The predicted octanol–water partition coefficient (Wildman–Crippen LogP) is 3.89. The predicted molar refractivity (Wildman–Crippen MR) is 132 cm³/mol. The van der Waals surface area contributed by atoms with Crippen LogP contribution in [-0.2, 0) is 9.59 Å². The van der Waals surface area contributed by atoms with Crippen molar-refractivity contribution in [3.8, 4) is 17.2 Å². The van der Waals surface area contributed by atoms with Crippen molar-refractivity contribution < 1.29 is 23.8 Å². The van der Waals surface area contributed by atoms with E-state index < -0.39 is 0 Å². The average Bonchev–Trinajstić information content (AvgIpc) is 3.02. The van der Waals surface area contributed by atoms with Gasteiger partial charge in [-0.1, -0.05) is 31.5 Å². The molecule has 2 N–H and O–H groups in total. The van der Waals surface area contributed by atoms with Gasteiger partial charge in [-0.3, -0.25) is 14.5 Å². The lowest BCUT2D eigenvalue weighted by Gasteiger charge is -2.25. The summed E-state index contributed by atoms with van der Waals surface area (Å²) in [7, 11) is 3.23. The molecule has 0 spiro atoms. The molecular formula is C25H32ClN3O5. The fourth-order valence-electron chi connectivity index (χ4n) is 3.74. The first kappa shape index (κ1) is 25.6. The monoisotopic (exact) mass is 489 g/mol. The molecule has 3 rings (SSSR count). The van der Waals surface area contributed by atoms with Crippen molar-refractivity contribution in [2.45, 2.75) is 26.3 Å². The molecule has 34 heavy (non-hydrogen) atoms. The van der Waals surface area contributed by atoms with Crippen LogP contribution in [0.25, 0.3) is 0 Å². The zero-order chi connectivity index (χ0) is 24.7. The Labute approximate surface area is 205 Å². The number of amides is 2. The van der Waals surface area contributed by atoms with Gasteiger partial charge < -0.3 is 24.8 Å². The SMILES string of the molecule is COc1ccc(Cl)cc1NC(=O)CN(C)CC(=O)NC(c1ccc2c(c1)OCCCO2)C(C)C. The summed E-state index contributed by atoms with van der Waals surface area (Å²) in [5.74, 6) is 1.61. The first-order valence-electron chi connectivity index (χ1n) is 11.3. The van der Waals surface area contributed by atoms with Gasteiger partial charge in [-0.25, -0.2) is 0 Å². The average molecular weight is 490 g/mol. The number of ether oxygens (including phenoxy) is 3. The Morgan fingerprint density at radius 1 is 1.06 bits per heavy atom. The fourth-order valence-corrected chi connectivity index (χ4v) is 3.91. The summed E-state index contributed by atoms with van der Waals surface area (Å²) in [6.07, 6.45) is 0.832. The third kappa shape index (κ3) is 7.01. The van der Waals surface area contributed by atoms with Crippen molar-refractivity contribution in [2.75, 3.05) is 45.8 Å². The molecule has 0 radical (unpaired) electrons. The van der Waals surface area contributed by atoms with Crippen LogP contribution in [0.1, 0.15) is 31.9 Å². The largest absolute Gasteiger partial charge is 0.495 e. The van der Waals surface area contributed by atoms with E-state index in [1.54, 1.807) is 30.1 Å². The molecule has 1 heterocycles. The van der Waals surface area contributed by atoms with Gasteiger partial charge in [0.15, 0.2) is 11.5 Å². The van der Waals surface area contributed by atoms with E-state index in [0.717, 1.165) is 17.7 Å². The molecule has 2 aromatic rings. The van der Waals surface area contributed by atoms with Crippen LogP contribution >= 0.6 is 11.6 Å². The molecule has 2 aromatic carbocycles. The van der Waals surface area contributed by atoms with E-state index in [2.05, 4.69) is 10.6 Å². The van der Waals surface area contributed by atoms with Gasteiger partial charge in [0, 0.05) is 11.4 Å². The van der Waals surface area contributed by atoms with Gasteiger partial charge in [0.1, 0.15) is 5.75 Å². The highest BCUT2D eigenvalue weighted by Crippen LogP contribution is 2.34. The molecule has 0 saturated carbocycles. The second-order valence-electron chi connectivity index (χ2n) is 8.61. The normalized spacial score (nSPS) is 13.9. The Balaban J connectivity index is 1.58. The van der Waals surface area contributed by atoms with Crippen molar-refractivity contribution in [3.05, 3.63) is 47.0 Å². The number of halogens is 1. The second-order valence-corrected chi connectivity index (χ2v) is 9.05. The molecule has 9 heteroatoms. The smallest absolute Gasteiger partial charge is 0.238 e. The number of benzene rings is 2. The molecule has 0 bridgehead atoms. The summed E-state index contributed by atoms with van der Waals surface area (Å²) < 4.78 is 16.8. The topological polar surface area (TPSA) is 89.1 Å². The Kier molecular flexibility index (Phi) is 9.01. The van der Waals surface area contributed by atoms with Crippen LogP contribution in [0.4, 0.5) is 5.69 Å². The zero-order valence-electron chi connectivity index (χ0n) is 20.0. The number of methoxy groups -OCH3 is 1. The molecule has 0 aliphatic carbocycles. The van der Waals surface area contributed by atoms with Gasteiger partial charge in [0.2, 0.25) is 11.8 Å². The molecule has 0 saturated heterocycles. The van der Waals surface area contributed by atoms with E-state index in [4.69, 9.17) is 25.8 Å². The summed E-state index contributed by atoms with van der Waals surface area (Å²) in [5, 5.41) is 6.35. The summed E-state index contributed by atoms with van der Waals surface area (Å²) in [6.45, 7) is 5.41. The number of likely N-dealkylation sites (N-methyl/N-ethyl adjacent to an activating group) is 1. The fraction of sp³-hybridized carbons (Fsp3) is 0.440. The van der Waals surface area contributed by atoms with Crippen LogP contribution < -0.4 is 24.8 Å². The van der Waals surface area contributed by atoms with Crippen molar-refractivity contribution >= 4 is 29.1 Å². The summed E-state index contributed by atoms with van der Waals surface area (Å²) in [5.41, 5.74) is 1.42. The van der Waals surface area contributed by atoms with Gasteiger partial charge in [-0.2, -0.15) is 0 Å². The standard InChI is InChI=1S/C25H32ClN3O5/c1-16(2)25(17-6-8-21-22(12-17)34-11-5-10-33-21)28-24(31)15-29(3)14-23(30)27-19-13-18(26)7-9-20(19)32-4/h6-9,12-13,16,25H,5,10-11,14-15H2,1-4H3,(H,27,30)(H,28,31). The molecule has 1 atom stereocenters. The number of nitrogens with zero attached hydrogens (tertiary/aromatic N) is 1. The van der Waals surface area contributed by atoms with Crippen LogP contribution in [0, 0.1) is 5.92 Å². The molecule has 8 nitrogen and oxygen atoms in total. The Hall–Kier alpha value is -2.97. The molecule has 184 valence electrons. The zero-order valence-corrected chi connectivity index (χ0v) is 20.8. The number of anilines is 1. The van der Waals surface area contributed by atoms with Crippen LogP contribution in [-0.4, -0.2) is 57.2 Å². The highest BCUT2D eigenvalue weighted by molar-refractivity contribution is 6.31. The number of hydrogen-bond donors (Lipinski definition) is 2. The Bertz CT molecular complexity index is 1010. The number of carbonyl (C=O) groups excluding carboxylic acids is 2. The molecule has 0 fully saturated rings. The lowest BCUT2D eigenvalue weighted by Crippen LogP contribution is -2.41. The van der Waals surface area contributed by atoms with Gasteiger partial charge in [0.25, 0.3) is 0 Å². The first-order valence-corrected chi connectivity index (χ1v) is 11.7. The number of hydrogen-bond acceptors (Lipinski definition) is 6. The van der Waals surface area contributed by atoms with Gasteiger partial charge in [-0.05, 0) is 48.9 Å². The third-order valence-corrected chi connectivity index (χ3v) is 5.61. The molecular weight excluding hydrogens is 458 g/mol. The lowest BCUT2D eigenvalue weighted by molar-refractivity contribution is -0.123. The number of nitrogens with one attached hydrogen (secondary N) is 2. The Morgan fingerprint density at radius 2 is 1.76 bits per heavy atom. The Morgan fingerprint density at radius 3 is 2.47 bits per heavy atom. The van der Waals surface area contributed by atoms with E-state index in [0.29, 0.717) is 35.4 Å². The molecule has 1 aliphatic rings. The maximum atomic E-state index is 12.8. The van der Waals surface area contributed by atoms with Crippen molar-refractivity contribution in [1.29, 1.82) is 0 Å². The van der Waals surface area contributed by atoms with Crippen molar-refractivity contribution in [3.63, 3.8) is 0 Å². The van der Waals surface area contributed by atoms with Crippen LogP contribution in [0.2, 0.25) is 5.02 Å². The highest BCUT2D eigenvalue weighted by Gasteiger charge is 2.22. The lowest BCUT2D eigenvalue weighted by atomic mass is 9.95. The van der Waals surface area contributed by atoms with E-state index in [-0.39, 0.29) is 36.9 Å². The van der Waals surface area contributed by atoms with Crippen LogP contribution in [0.3, 0.4) is 0 Å². The quantitative estimate of drug-likeness (QED) is 0.555. The minimum atomic E-state index is -0.279. The van der Waals surface area contributed by atoms with Crippen LogP contribution in [0.15, 0.2) is 36.4 Å². The highest BCUT2D eigenvalue weighted by atomic mass is 35.5. The number of rotatable bonds is 9. The maximum Gasteiger partial charge on any atom is 0.238 e. The minimum Gasteiger partial charge on any atom is -0.495 e. The number of fused-ring (bicyclic) bond motifs is 1. The van der Waals surface area contributed by atoms with Gasteiger partial charge >= 0.3 is 0 Å². The summed E-state index contributed by atoms with van der Waals surface area (Å²) in [4.78, 5) is 26.9. The molecule has 1 aliphatic heterocycles. The second kappa shape index (κ2) is 11.9. The van der Waals surface area contributed by atoms with Crippen molar-refractivity contribution in [1.82, 2.24) is 10.2 Å². The first-order chi connectivity index (χ1) is 16.3. The maximum absolute atomic E-state index is 12.8. The van der Waals surface area contributed by atoms with Gasteiger partial charge in [0.05, 0.1) is 45.1 Å².